The number of nitrogens with one attached hydrogen (secondary N) is 2. The van der Waals surface area contributed by atoms with Gasteiger partial charge in [0.2, 0.25) is 10.0 Å². The summed E-state index contributed by atoms with van der Waals surface area (Å²) in [4.78, 5) is -0.117. The highest BCUT2D eigenvalue weighted by Crippen LogP contribution is 2.31. The van der Waals surface area contributed by atoms with Crippen LogP contribution in [0.5, 0.6) is 0 Å². The molecule has 1 fully saturated rings. The van der Waals surface area contributed by atoms with Gasteiger partial charge in [-0.15, -0.1) is 12.4 Å². The van der Waals surface area contributed by atoms with Crippen LogP contribution in [-0.2, 0) is 16.2 Å². The Morgan fingerprint density at radius 2 is 2.05 bits per heavy atom. The highest BCUT2D eigenvalue weighted by atomic mass is 35.5. The molecule has 9 heteroatoms. The van der Waals surface area contributed by atoms with Crippen LogP contribution in [0.4, 0.5) is 13.2 Å². The van der Waals surface area contributed by atoms with Crippen LogP contribution in [0.25, 0.3) is 0 Å². The molecule has 0 radical (unpaired) electrons. The SMILES string of the molecule is Cc1cc(C(F)(F)F)ccc1S(=O)(=O)NCC1CCCN1.Cl. The van der Waals surface area contributed by atoms with E-state index in [1.54, 1.807) is 0 Å². The van der Waals surface area contributed by atoms with Gasteiger partial charge in [0.1, 0.15) is 0 Å². The maximum absolute atomic E-state index is 12.6. The van der Waals surface area contributed by atoms with Crippen LogP contribution in [0.3, 0.4) is 0 Å². The standard InChI is InChI=1S/C13H17F3N2O2S.ClH/c1-9-7-10(13(14,15)16)4-5-12(9)21(19,20)18-8-11-3-2-6-17-11;/h4-5,7,11,17-18H,2-3,6,8H2,1H3;1H. The first-order valence-corrected chi connectivity index (χ1v) is 8.09. The Kier molecular flexibility index (Phi) is 6.26. The molecule has 1 aromatic carbocycles. The average molecular weight is 359 g/mol. The van der Waals surface area contributed by atoms with Gasteiger partial charge in [0.05, 0.1) is 10.5 Å². The largest absolute Gasteiger partial charge is 0.416 e. The molecule has 126 valence electrons. The fourth-order valence-corrected chi connectivity index (χ4v) is 3.65. The molecule has 0 amide bonds. The van der Waals surface area contributed by atoms with Crippen LogP contribution in [0.1, 0.15) is 24.0 Å². The number of alkyl halides is 3. The van der Waals surface area contributed by atoms with Gasteiger partial charge in [0.15, 0.2) is 0 Å². The zero-order chi connectivity index (χ0) is 15.7. The Morgan fingerprint density at radius 1 is 1.36 bits per heavy atom. The zero-order valence-corrected chi connectivity index (χ0v) is 13.5. The summed E-state index contributed by atoms with van der Waals surface area (Å²) < 4.78 is 64.5. The molecule has 2 rings (SSSR count). The minimum absolute atomic E-state index is 0. The van der Waals surface area contributed by atoms with Crippen molar-refractivity contribution in [1.29, 1.82) is 0 Å². The molecular weight excluding hydrogens is 341 g/mol. The highest BCUT2D eigenvalue weighted by Gasteiger charge is 2.31. The topological polar surface area (TPSA) is 58.2 Å². The van der Waals surface area contributed by atoms with E-state index < -0.39 is 21.8 Å². The van der Waals surface area contributed by atoms with Crippen LogP contribution < -0.4 is 10.0 Å². The van der Waals surface area contributed by atoms with Crippen molar-refractivity contribution in [2.75, 3.05) is 13.1 Å². The first kappa shape index (κ1) is 19.2. The summed E-state index contributed by atoms with van der Waals surface area (Å²) in [6.07, 6.45) is -2.60. The van der Waals surface area contributed by atoms with Crippen molar-refractivity contribution in [3.63, 3.8) is 0 Å². The van der Waals surface area contributed by atoms with Crippen LogP contribution in [-0.4, -0.2) is 27.5 Å². The molecule has 0 bridgehead atoms. The van der Waals surface area contributed by atoms with Crippen LogP contribution >= 0.6 is 12.4 Å². The van der Waals surface area contributed by atoms with Gasteiger partial charge < -0.3 is 5.32 Å². The van der Waals surface area contributed by atoms with E-state index in [4.69, 9.17) is 0 Å². The summed E-state index contributed by atoms with van der Waals surface area (Å²) in [6.45, 7) is 2.45. The summed E-state index contributed by atoms with van der Waals surface area (Å²) in [5.74, 6) is 0. The Hall–Kier alpha value is -0.830. The van der Waals surface area contributed by atoms with Gasteiger partial charge in [-0.05, 0) is 50.1 Å². The van der Waals surface area contributed by atoms with Crippen molar-refractivity contribution in [3.05, 3.63) is 29.3 Å². The second-order valence-corrected chi connectivity index (χ2v) is 6.86. The Balaban J connectivity index is 0.00000242. The lowest BCUT2D eigenvalue weighted by Crippen LogP contribution is -2.37. The average Bonchev–Trinajstić information content (AvgIpc) is 2.88. The fourth-order valence-electron chi connectivity index (χ4n) is 2.35. The zero-order valence-electron chi connectivity index (χ0n) is 11.9. The number of benzene rings is 1. The lowest BCUT2D eigenvalue weighted by Gasteiger charge is -2.14. The van der Waals surface area contributed by atoms with E-state index in [2.05, 4.69) is 10.0 Å². The molecule has 1 aromatic rings. The van der Waals surface area contributed by atoms with Gasteiger partial charge in [0.25, 0.3) is 0 Å². The number of hydrogen-bond donors (Lipinski definition) is 2. The van der Waals surface area contributed by atoms with Crippen LogP contribution in [0.2, 0.25) is 0 Å². The van der Waals surface area contributed by atoms with E-state index in [0.717, 1.165) is 37.6 Å². The lowest BCUT2D eigenvalue weighted by molar-refractivity contribution is -0.137. The van der Waals surface area contributed by atoms with E-state index in [1.165, 1.54) is 6.92 Å². The summed E-state index contributed by atoms with van der Waals surface area (Å²) in [5.41, 5.74) is -0.770. The van der Waals surface area contributed by atoms with Gasteiger partial charge in [0, 0.05) is 12.6 Å². The second-order valence-electron chi connectivity index (χ2n) is 5.12. The molecule has 0 saturated carbocycles. The normalized spacial score (nSPS) is 19.0. The molecule has 22 heavy (non-hydrogen) atoms. The molecule has 0 aromatic heterocycles. The summed E-state index contributed by atoms with van der Waals surface area (Å²) >= 11 is 0. The molecule has 1 heterocycles. The molecule has 1 aliphatic heterocycles. The van der Waals surface area contributed by atoms with Crippen molar-refractivity contribution >= 4 is 22.4 Å². The maximum Gasteiger partial charge on any atom is 0.416 e. The minimum atomic E-state index is -4.48. The quantitative estimate of drug-likeness (QED) is 0.869. The number of halogens is 4. The maximum atomic E-state index is 12.6. The molecule has 0 spiro atoms. The number of rotatable bonds is 4. The van der Waals surface area contributed by atoms with Gasteiger partial charge in [-0.25, -0.2) is 13.1 Å². The first-order valence-electron chi connectivity index (χ1n) is 6.61. The van der Waals surface area contributed by atoms with E-state index in [-0.39, 0.29) is 35.5 Å². The Bertz CT molecular complexity index is 614. The van der Waals surface area contributed by atoms with Gasteiger partial charge in [-0.2, -0.15) is 13.2 Å². The minimum Gasteiger partial charge on any atom is -0.313 e. The third-order valence-electron chi connectivity index (χ3n) is 3.47. The summed E-state index contributed by atoms with van der Waals surface area (Å²) in [6, 6.07) is 2.72. The van der Waals surface area contributed by atoms with Gasteiger partial charge in [-0.1, -0.05) is 0 Å². The Labute approximate surface area is 133 Å². The predicted molar refractivity (Wildman–Crippen MR) is 79.6 cm³/mol. The van der Waals surface area contributed by atoms with Gasteiger partial charge >= 0.3 is 6.18 Å². The van der Waals surface area contributed by atoms with Crippen LogP contribution in [0.15, 0.2) is 23.1 Å². The van der Waals surface area contributed by atoms with E-state index in [0.29, 0.717) is 0 Å². The number of sulfonamides is 1. The van der Waals surface area contributed by atoms with E-state index in [9.17, 15) is 21.6 Å². The van der Waals surface area contributed by atoms with Crippen molar-refractivity contribution in [2.24, 2.45) is 0 Å². The molecule has 1 atom stereocenters. The molecule has 1 saturated heterocycles. The van der Waals surface area contributed by atoms with Crippen molar-refractivity contribution in [3.8, 4) is 0 Å². The van der Waals surface area contributed by atoms with Crippen molar-refractivity contribution < 1.29 is 21.6 Å². The molecule has 4 nitrogen and oxygen atoms in total. The monoisotopic (exact) mass is 358 g/mol. The van der Waals surface area contributed by atoms with Crippen molar-refractivity contribution in [2.45, 2.75) is 36.9 Å². The Morgan fingerprint density at radius 3 is 2.55 bits per heavy atom. The predicted octanol–water partition coefficient (Wildman–Crippen LogP) is 2.47. The molecule has 2 N–H and O–H groups in total. The van der Waals surface area contributed by atoms with Crippen LogP contribution in [0, 0.1) is 6.92 Å². The number of aryl methyl sites for hydroxylation is 1. The summed E-state index contributed by atoms with van der Waals surface area (Å²) in [5, 5.41) is 3.15. The molecule has 1 aliphatic rings. The highest BCUT2D eigenvalue weighted by molar-refractivity contribution is 7.89. The van der Waals surface area contributed by atoms with Crippen molar-refractivity contribution in [1.82, 2.24) is 10.0 Å². The third kappa shape index (κ3) is 4.58. The molecule has 0 aliphatic carbocycles. The lowest BCUT2D eigenvalue weighted by atomic mass is 10.1. The van der Waals surface area contributed by atoms with Gasteiger partial charge in [-0.3, -0.25) is 0 Å². The first-order chi connectivity index (χ1) is 9.70. The molecular formula is C13H18ClF3N2O2S. The van der Waals surface area contributed by atoms with E-state index in [1.807, 2.05) is 0 Å². The summed E-state index contributed by atoms with van der Waals surface area (Å²) in [7, 11) is -3.80. The number of hydrogen-bond acceptors (Lipinski definition) is 3. The third-order valence-corrected chi connectivity index (χ3v) is 5.06. The van der Waals surface area contributed by atoms with E-state index >= 15 is 0 Å². The second kappa shape index (κ2) is 7.16. The fraction of sp³-hybridized carbons (Fsp3) is 0.538. The molecule has 1 unspecified atom stereocenters. The smallest absolute Gasteiger partial charge is 0.313 e.